The maximum atomic E-state index is 11.3. The minimum atomic E-state index is -0.701. The quantitative estimate of drug-likeness (QED) is 0.131. The van der Waals surface area contributed by atoms with Crippen LogP contribution in [0, 0.1) is 0 Å². The lowest BCUT2D eigenvalue weighted by Crippen LogP contribution is -2.43. The highest BCUT2D eigenvalue weighted by Crippen LogP contribution is 2.51. The molecule has 1 unspecified atom stereocenters. The molecule has 35 heavy (non-hydrogen) atoms. The van der Waals surface area contributed by atoms with Gasteiger partial charge in [-0.1, -0.05) is 45.4 Å². The molecule has 0 aromatic carbocycles. The molecule has 0 amide bonds. The molecule has 2 rings (SSSR count). The topological polar surface area (TPSA) is 82.1 Å². The van der Waals surface area contributed by atoms with E-state index < -0.39 is 5.97 Å². The van der Waals surface area contributed by atoms with E-state index >= 15 is 0 Å². The van der Waals surface area contributed by atoms with E-state index in [9.17, 15) is 9.59 Å². The van der Waals surface area contributed by atoms with Crippen molar-refractivity contribution in [2.75, 3.05) is 37.1 Å². The van der Waals surface area contributed by atoms with Crippen LogP contribution in [-0.2, 0) is 23.8 Å². The van der Waals surface area contributed by atoms with Crippen LogP contribution >= 0.6 is 35.3 Å². The molecular weight excluding hydrogens is 504 g/mol. The lowest BCUT2D eigenvalue weighted by molar-refractivity contribution is -0.140. The number of unbranched alkanes of at least 4 members (excludes halogenated alkanes) is 7. The third kappa shape index (κ3) is 11.9. The molecule has 3 atom stereocenters. The summed E-state index contributed by atoms with van der Waals surface area (Å²) in [6.07, 6.45) is 13.3. The highest BCUT2D eigenvalue weighted by molar-refractivity contribution is 8.04. The summed E-state index contributed by atoms with van der Waals surface area (Å²) in [6.45, 7) is 5.74. The number of rotatable bonds is 20. The number of thioether (sulfide) groups is 3. The second-order valence-electron chi connectivity index (χ2n) is 9.49. The minimum absolute atomic E-state index is 0.177. The second kappa shape index (κ2) is 17.4. The fraction of sp³-hybridized carbons (Fsp3) is 0.923. The Morgan fingerprint density at radius 2 is 1.66 bits per heavy atom. The van der Waals surface area contributed by atoms with Crippen molar-refractivity contribution in [3.63, 3.8) is 0 Å². The number of aliphatic carboxylic acids is 1. The maximum Gasteiger partial charge on any atom is 0.303 e. The predicted octanol–water partition coefficient (Wildman–Crippen LogP) is 6.75. The Balaban J connectivity index is 1.99. The standard InChI is InChI=1S/C26H46O6S3/c1-3-4-5-11-14-26(32-17-20-35-26)23(33-18-15-30-22(2)27)21-25(31-16-19-34-25)13-10-8-6-7-9-12-24(28)29/h23H,3-21H2,1-2H3,(H,28,29)/t23?,25-,26+/m1/s1. The normalized spacial score (nSPS) is 25.1. The van der Waals surface area contributed by atoms with Gasteiger partial charge in [-0.2, -0.15) is 11.8 Å². The second-order valence-corrected chi connectivity index (χ2v) is 13.6. The van der Waals surface area contributed by atoms with Crippen molar-refractivity contribution < 1.29 is 28.9 Å². The molecule has 0 radical (unpaired) electrons. The van der Waals surface area contributed by atoms with Gasteiger partial charge in [-0.05, 0) is 32.1 Å². The molecule has 0 saturated carbocycles. The Morgan fingerprint density at radius 3 is 2.31 bits per heavy atom. The lowest BCUT2D eigenvalue weighted by Gasteiger charge is -2.40. The molecule has 0 bridgehead atoms. The zero-order valence-electron chi connectivity index (χ0n) is 21.7. The highest BCUT2D eigenvalue weighted by Gasteiger charge is 2.48. The highest BCUT2D eigenvalue weighted by atomic mass is 32.2. The summed E-state index contributed by atoms with van der Waals surface area (Å²) < 4.78 is 18.2. The fourth-order valence-corrected chi connectivity index (χ4v) is 9.14. The minimum Gasteiger partial charge on any atom is -0.481 e. The summed E-state index contributed by atoms with van der Waals surface area (Å²) in [5, 5.41) is 9.10. The third-order valence-electron chi connectivity index (χ3n) is 6.61. The smallest absolute Gasteiger partial charge is 0.303 e. The first-order valence-electron chi connectivity index (χ1n) is 13.4. The van der Waals surface area contributed by atoms with Crippen molar-refractivity contribution in [2.45, 2.75) is 112 Å². The summed E-state index contributed by atoms with van der Waals surface area (Å²) in [7, 11) is 0. The van der Waals surface area contributed by atoms with Crippen molar-refractivity contribution in [3.8, 4) is 0 Å². The molecule has 1 N–H and O–H groups in total. The number of carbonyl (C=O) groups excluding carboxylic acids is 1. The van der Waals surface area contributed by atoms with E-state index in [4.69, 9.17) is 19.3 Å². The largest absolute Gasteiger partial charge is 0.481 e. The van der Waals surface area contributed by atoms with Crippen LogP contribution in [0.4, 0.5) is 0 Å². The van der Waals surface area contributed by atoms with Gasteiger partial charge in [-0.3, -0.25) is 9.59 Å². The summed E-state index contributed by atoms with van der Waals surface area (Å²) in [5.74, 6) is 1.91. The summed E-state index contributed by atoms with van der Waals surface area (Å²) in [5.41, 5.74) is 0. The molecule has 204 valence electrons. The predicted molar refractivity (Wildman–Crippen MR) is 148 cm³/mol. The van der Waals surface area contributed by atoms with Gasteiger partial charge in [0.1, 0.15) is 16.5 Å². The Labute approximate surface area is 225 Å². The molecule has 6 nitrogen and oxygen atoms in total. The number of carboxylic acid groups (broad SMARTS) is 1. The van der Waals surface area contributed by atoms with Crippen LogP contribution in [0.3, 0.4) is 0 Å². The zero-order valence-corrected chi connectivity index (χ0v) is 24.2. The molecule has 0 aromatic heterocycles. The molecule has 2 aliphatic rings. The van der Waals surface area contributed by atoms with Gasteiger partial charge in [0.2, 0.25) is 0 Å². The molecule has 2 saturated heterocycles. The fourth-order valence-electron chi connectivity index (χ4n) is 4.82. The summed E-state index contributed by atoms with van der Waals surface area (Å²) in [4.78, 5) is 21.6. The zero-order chi connectivity index (χ0) is 25.4. The first-order chi connectivity index (χ1) is 16.9. The van der Waals surface area contributed by atoms with Gasteiger partial charge in [0.25, 0.3) is 0 Å². The van der Waals surface area contributed by atoms with Crippen molar-refractivity contribution in [3.05, 3.63) is 0 Å². The maximum absolute atomic E-state index is 11.3. The average molecular weight is 551 g/mol. The molecule has 2 fully saturated rings. The van der Waals surface area contributed by atoms with E-state index in [1.807, 2.05) is 35.3 Å². The third-order valence-corrected chi connectivity index (χ3v) is 11.0. The Kier molecular flexibility index (Phi) is 15.5. The molecular formula is C26H46O6S3. The number of carboxylic acids is 1. The Bertz CT molecular complexity index is 606. The summed E-state index contributed by atoms with van der Waals surface area (Å²) in [6, 6.07) is 0. The van der Waals surface area contributed by atoms with E-state index in [1.54, 1.807) is 0 Å². The van der Waals surface area contributed by atoms with E-state index in [-0.39, 0.29) is 27.5 Å². The SMILES string of the molecule is CCCCCC[C@]1(C(C[C@]2(CCCCCCCC(=O)O)OCCS2)SCCOC(C)=O)OCCS1. The monoisotopic (exact) mass is 550 g/mol. The van der Waals surface area contributed by atoms with E-state index in [2.05, 4.69) is 6.92 Å². The van der Waals surface area contributed by atoms with Crippen LogP contribution in [0.25, 0.3) is 0 Å². The van der Waals surface area contributed by atoms with E-state index in [0.29, 0.717) is 6.61 Å². The number of carbonyl (C=O) groups is 2. The number of hydrogen-bond donors (Lipinski definition) is 1. The van der Waals surface area contributed by atoms with Gasteiger partial charge >= 0.3 is 11.9 Å². The lowest BCUT2D eigenvalue weighted by atomic mass is 9.98. The number of hydrogen-bond acceptors (Lipinski definition) is 8. The van der Waals surface area contributed by atoms with E-state index in [0.717, 1.165) is 81.8 Å². The first kappa shape index (κ1) is 31.1. The molecule has 2 aliphatic heterocycles. The van der Waals surface area contributed by atoms with Crippen LogP contribution < -0.4 is 0 Å². The van der Waals surface area contributed by atoms with Crippen LogP contribution in [0.1, 0.15) is 97.3 Å². The van der Waals surface area contributed by atoms with Gasteiger partial charge in [-0.25, -0.2) is 0 Å². The van der Waals surface area contributed by atoms with E-state index in [1.165, 1.54) is 32.6 Å². The van der Waals surface area contributed by atoms with Gasteiger partial charge in [0, 0.05) is 42.3 Å². The Hall–Kier alpha value is -0.0900. The van der Waals surface area contributed by atoms with Gasteiger partial charge in [-0.15, -0.1) is 23.5 Å². The number of esters is 1. The Morgan fingerprint density at radius 1 is 0.971 bits per heavy atom. The average Bonchev–Trinajstić information content (AvgIpc) is 3.49. The summed E-state index contributed by atoms with van der Waals surface area (Å²) >= 11 is 5.83. The number of ether oxygens (including phenoxy) is 3. The molecule has 2 heterocycles. The van der Waals surface area contributed by atoms with Gasteiger partial charge in [0.05, 0.1) is 13.2 Å². The van der Waals surface area contributed by atoms with Crippen molar-refractivity contribution >= 4 is 47.2 Å². The van der Waals surface area contributed by atoms with Gasteiger partial charge < -0.3 is 19.3 Å². The van der Waals surface area contributed by atoms with Gasteiger partial charge in [0.15, 0.2) is 0 Å². The van der Waals surface area contributed by atoms with Crippen molar-refractivity contribution in [1.82, 2.24) is 0 Å². The van der Waals surface area contributed by atoms with Crippen molar-refractivity contribution in [2.24, 2.45) is 0 Å². The van der Waals surface area contributed by atoms with Crippen LogP contribution in [0.15, 0.2) is 0 Å². The van der Waals surface area contributed by atoms with Crippen molar-refractivity contribution in [1.29, 1.82) is 0 Å². The first-order valence-corrected chi connectivity index (χ1v) is 16.5. The van der Waals surface area contributed by atoms with Crippen LogP contribution in [0.2, 0.25) is 0 Å². The molecule has 9 heteroatoms. The molecule has 0 spiro atoms. The molecule has 0 aliphatic carbocycles. The molecule has 0 aromatic rings. The van der Waals surface area contributed by atoms with Crippen LogP contribution in [0.5, 0.6) is 0 Å². The van der Waals surface area contributed by atoms with Crippen LogP contribution in [-0.4, -0.2) is 69.2 Å².